The highest BCUT2D eigenvalue weighted by atomic mass is 19.2. The lowest BCUT2D eigenvalue weighted by atomic mass is 10.1. The molecule has 0 fully saturated rings. The van der Waals surface area contributed by atoms with Crippen molar-refractivity contribution in [2.24, 2.45) is 0 Å². The summed E-state index contributed by atoms with van der Waals surface area (Å²) in [5, 5.41) is 3.26. The maximum atomic E-state index is 13.0. The number of benzene rings is 1. The highest BCUT2D eigenvalue weighted by molar-refractivity contribution is 5.53. The summed E-state index contributed by atoms with van der Waals surface area (Å²) < 4.78 is 38.9. The lowest BCUT2D eigenvalue weighted by molar-refractivity contribution is 0.447. The molecular formula is C14H18F3N. The molecule has 0 saturated carbocycles. The molecule has 0 spiro atoms. The molecular weight excluding hydrogens is 239 g/mol. The molecule has 0 bridgehead atoms. The van der Waals surface area contributed by atoms with E-state index in [-0.39, 0.29) is 6.04 Å². The molecule has 4 heteroatoms. The number of nitrogens with one attached hydrogen (secondary N) is 1. The van der Waals surface area contributed by atoms with Gasteiger partial charge in [-0.25, -0.2) is 13.2 Å². The molecule has 1 nitrogen and oxygen atoms in total. The summed E-state index contributed by atoms with van der Waals surface area (Å²) in [5.41, 5.74) is 1.27. The van der Waals surface area contributed by atoms with Crippen LogP contribution in [0.1, 0.15) is 32.8 Å². The van der Waals surface area contributed by atoms with Crippen molar-refractivity contribution in [2.45, 2.75) is 33.2 Å². The Labute approximate surface area is 106 Å². The van der Waals surface area contributed by atoms with Crippen LogP contribution in [0.15, 0.2) is 17.7 Å². The molecule has 0 aliphatic heterocycles. The first-order valence-corrected chi connectivity index (χ1v) is 6.01. The molecule has 1 N–H and O–H groups in total. The minimum atomic E-state index is -1.43. The first kappa shape index (κ1) is 14.8. The molecule has 0 aromatic heterocycles. The molecule has 0 saturated heterocycles. The smallest absolute Gasteiger partial charge is 0.194 e. The van der Waals surface area contributed by atoms with Crippen molar-refractivity contribution in [2.75, 3.05) is 6.54 Å². The number of rotatable bonds is 5. The van der Waals surface area contributed by atoms with E-state index in [1.54, 1.807) is 6.08 Å². The van der Waals surface area contributed by atoms with Crippen molar-refractivity contribution in [1.29, 1.82) is 0 Å². The van der Waals surface area contributed by atoms with Crippen molar-refractivity contribution in [1.82, 2.24) is 5.32 Å². The van der Waals surface area contributed by atoms with Gasteiger partial charge in [0.25, 0.3) is 0 Å². The Kier molecular flexibility index (Phi) is 5.41. The Balaban J connectivity index is 2.88. The minimum absolute atomic E-state index is 0.112. The molecule has 1 atom stereocenters. The van der Waals surface area contributed by atoms with Crippen molar-refractivity contribution in [3.05, 3.63) is 40.7 Å². The van der Waals surface area contributed by atoms with E-state index >= 15 is 0 Å². The third kappa shape index (κ3) is 3.88. The molecule has 1 aromatic carbocycles. The second kappa shape index (κ2) is 6.59. The standard InChI is InChI=1S/C14H18F3N/c1-4-5-18-10(3)9(2)6-11-7-12(15)14(17)13(16)8-11/h6-8,10,18H,4-5H2,1-3H3/b9-6+. The molecule has 0 radical (unpaired) electrons. The highest BCUT2D eigenvalue weighted by Crippen LogP contribution is 2.16. The topological polar surface area (TPSA) is 12.0 Å². The van der Waals surface area contributed by atoms with Crippen molar-refractivity contribution < 1.29 is 13.2 Å². The maximum absolute atomic E-state index is 13.0. The van der Waals surface area contributed by atoms with E-state index in [0.717, 1.165) is 30.7 Å². The van der Waals surface area contributed by atoms with Gasteiger partial charge < -0.3 is 5.32 Å². The predicted molar refractivity (Wildman–Crippen MR) is 67.7 cm³/mol. The maximum Gasteiger partial charge on any atom is 0.194 e. The lowest BCUT2D eigenvalue weighted by Gasteiger charge is -2.14. The Morgan fingerprint density at radius 1 is 1.28 bits per heavy atom. The van der Waals surface area contributed by atoms with Crippen LogP contribution in [-0.2, 0) is 0 Å². The molecule has 1 aromatic rings. The third-order valence-corrected chi connectivity index (χ3v) is 2.78. The SMILES string of the molecule is CCCNC(C)/C(C)=C/c1cc(F)c(F)c(F)c1. The molecule has 0 aliphatic carbocycles. The highest BCUT2D eigenvalue weighted by Gasteiger charge is 2.10. The van der Waals surface area contributed by atoms with Gasteiger partial charge in [-0.2, -0.15) is 0 Å². The van der Waals surface area contributed by atoms with Gasteiger partial charge in [0.15, 0.2) is 17.5 Å². The van der Waals surface area contributed by atoms with E-state index in [1.165, 1.54) is 0 Å². The van der Waals surface area contributed by atoms with E-state index in [0.29, 0.717) is 5.56 Å². The van der Waals surface area contributed by atoms with E-state index in [4.69, 9.17) is 0 Å². The minimum Gasteiger partial charge on any atom is -0.311 e. The largest absolute Gasteiger partial charge is 0.311 e. The fourth-order valence-corrected chi connectivity index (χ4v) is 1.57. The summed E-state index contributed by atoms with van der Waals surface area (Å²) in [7, 11) is 0. The summed E-state index contributed by atoms with van der Waals surface area (Å²) >= 11 is 0. The summed E-state index contributed by atoms with van der Waals surface area (Å²) in [6.07, 6.45) is 2.66. The van der Waals surface area contributed by atoms with Gasteiger partial charge >= 0.3 is 0 Å². The number of halogens is 3. The van der Waals surface area contributed by atoms with Crippen LogP contribution in [0, 0.1) is 17.5 Å². The van der Waals surface area contributed by atoms with Gasteiger partial charge in [-0.1, -0.05) is 18.6 Å². The van der Waals surface area contributed by atoms with E-state index in [2.05, 4.69) is 12.2 Å². The van der Waals surface area contributed by atoms with Gasteiger partial charge in [0.1, 0.15) is 0 Å². The monoisotopic (exact) mass is 257 g/mol. The van der Waals surface area contributed by atoms with Crippen LogP contribution in [0.4, 0.5) is 13.2 Å². The second-order valence-corrected chi connectivity index (χ2v) is 4.36. The zero-order valence-corrected chi connectivity index (χ0v) is 10.9. The van der Waals surface area contributed by atoms with E-state index < -0.39 is 17.5 Å². The molecule has 18 heavy (non-hydrogen) atoms. The quantitative estimate of drug-likeness (QED) is 0.789. The van der Waals surface area contributed by atoms with Gasteiger partial charge in [-0.3, -0.25) is 0 Å². The zero-order valence-electron chi connectivity index (χ0n) is 10.9. The summed E-state index contributed by atoms with van der Waals surface area (Å²) in [4.78, 5) is 0. The molecule has 0 heterocycles. The summed E-state index contributed by atoms with van der Waals surface area (Å²) in [6, 6.07) is 2.10. The van der Waals surface area contributed by atoms with E-state index in [1.807, 2.05) is 13.8 Å². The van der Waals surface area contributed by atoms with Gasteiger partial charge in [0, 0.05) is 6.04 Å². The van der Waals surface area contributed by atoms with Crippen LogP contribution in [-0.4, -0.2) is 12.6 Å². The van der Waals surface area contributed by atoms with Gasteiger partial charge in [-0.15, -0.1) is 0 Å². The van der Waals surface area contributed by atoms with Crippen LogP contribution < -0.4 is 5.32 Å². The van der Waals surface area contributed by atoms with Gasteiger partial charge in [0.2, 0.25) is 0 Å². The zero-order chi connectivity index (χ0) is 13.7. The predicted octanol–water partition coefficient (Wildman–Crippen LogP) is 3.90. The molecule has 0 aliphatic rings. The van der Waals surface area contributed by atoms with Crippen LogP contribution in [0.5, 0.6) is 0 Å². The number of hydrogen-bond acceptors (Lipinski definition) is 1. The molecule has 1 rings (SSSR count). The Morgan fingerprint density at radius 3 is 2.33 bits per heavy atom. The Hall–Kier alpha value is -1.29. The first-order valence-electron chi connectivity index (χ1n) is 6.01. The molecule has 1 unspecified atom stereocenters. The average molecular weight is 257 g/mol. The average Bonchev–Trinajstić information content (AvgIpc) is 2.32. The fraction of sp³-hybridized carbons (Fsp3) is 0.429. The lowest BCUT2D eigenvalue weighted by Crippen LogP contribution is -2.27. The normalized spacial score (nSPS) is 13.8. The first-order chi connectivity index (χ1) is 8.45. The van der Waals surface area contributed by atoms with Crippen molar-refractivity contribution >= 4 is 6.08 Å². The number of hydrogen-bond donors (Lipinski definition) is 1. The van der Waals surface area contributed by atoms with Gasteiger partial charge in [-0.05, 0) is 44.5 Å². The van der Waals surface area contributed by atoms with Crippen molar-refractivity contribution in [3.63, 3.8) is 0 Å². The van der Waals surface area contributed by atoms with E-state index in [9.17, 15) is 13.2 Å². The van der Waals surface area contributed by atoms with Crippen LogP contribution in [0.3, 0.4) is 0 Å². The van der Waals surface area contributed by atoms with Crippen LogP contribution in [0.2, 0.25) is 0 Å². The third-order valence-electron chi connectivity index (χ3n) is 2.78. The van der Waals surface area contributed by atoms with Gasteiger partial charge in [0.05, 0.1) is 0 Å². The molecule has 0 amide bonds. The van der Waals surface area contributed by atoms with Crippen molar-refractivity contribution in [3.8, 4) is 0 Å². The summed E-state index contributed by atoms with van der Waals surface area (Å²) in [6.45, 7) is 6.77. The van der Waals surface area contributed by atoms with Crippen LogP contribution in [0.25, 0.3) is 6.08 Å². The Bertz CT molecular complexity index is 418. The Morgan fingerprint density at radius 2 is 1.83 bits per heavy atom. The summed E-state index contributed by atoms with van der Waals surface area (Å²) in [5.74, 6) is -3.76. The van der Waals surface area contributed by atoms with Crippen LogP contribution >= 0.6 is 0 Å². The molecule has 100 valence electrons. The fourth-order valence-electron chi connectivity index (χ4n) is 1.57. The second-order valence-electron chi connectivity index (χ2n) is 4.36.